The van der Waals surface area contributed by atoms with Gasteiger partial charge in [0.2, 0.25) is 11.8 Å². The first-order chi connectivity index (χ1) is 11.9. The van der Waals surface area contributed by atoms with Gasteiger partial charge in [-0.15, -0.1) is 0 Å². The van der Waals surface area contributed by atoms with Crippen LogP contribution in [0, 0.1) is 12.3 Å². The molecule has 1 aromatic carbocycles. The molecule has 1 unspecified atom stereocenters. The largest absolute Gasteiger partial charge is 0.345 e. The summed E-state index contributed by atoms with van der Waals surface area (Å²) in [4.78, 5) is 31.0. The van der Waals surface area contributed by atoms with Crippen molar-refractivity contribution in [2.24, 2.45) is 5.41 Å². The number of likely N-dealkylation sites (tertiary alicyclic amines) is 2. The molecule has 3 rings (SSSR count). The molecule has 0 radical (unpaired) electrons. The van der Waals surface area contributed by atoms with E-state index in [4.69, 9.17) is 0 Å². The zero-order valence-electron chi connectivity index (χ0n) is 15.6. The van der Waals surface area contributed by atoms with Crippen LogP contribution in [0.1, 0.15) is 30.4 Å². The molecule has 0 aromatic heterocycles. The maximum atomic E-state index is 12.7. The molecule has 1 aromatic rings. The molecular weight excluding hydrogens is 314 g/mol. The Morgan fingerprint density at radius 2 is 1.92 bits per heavy atom. The summed E-state index contributed by atoms with van der Waals surface area (Å²) in [6.07, 6.45) is 2.76. The number of hydrogen-bond donors (Lipinski definition) is 0. The zero-order valence-corrected chi connectivity index (χ0v) is 15.6. The van der Waals surface area contributed by atoms with E-state index >= 15 is 0 Å². The number of aryl methyl sites for hydroxylation is 1. The second-order valence-corrected chi connectivity index (χ2v) is 7.83. The van der Waals surface area contributed by atoms with E-state index in [1.807, 2.05) is 28.8 Å². The molecule has 1 atom stereocenters. The third-order valence-corrected chi connectivity index (χ3v) is 5.63. The average molecular weight is 343 g/mol. The molecule has 2 aliphatic rings. The van der Waals surface area contributed by atoms with Crippen molar-refractivity contribution >= 4 is 11.8 Å². The number of amides is 2. The summed E-state index contributed by atoms with van der Waals surface area (Å²) in [6.45, 7) is 5.36. The second-order valence-electron chi connectivity index (χ2n) is 7.83. The van der Waals surface area contributed by atoms with Crippen molar-refractivity contribution in [3.05, 3.63) is 35.4 Å². The van der Waals surface area contributed by atoms with Gasteiger partial charge in [0.1, 0.15) is 0 Å². The number of carbonyl (C=O) groups excluding carboxylic acids is 2. The molecule has 0 bridgehead atoms. The fraction of sp³-hybridized carbons (Fsp3) is 0.600. The predicted molar refractivity (Wildman–Crippen MR) is 98.0 cm³/mol. The Balaban J connectivity index is 1.55. The maximum absolute atomic E-state index is 12.7. The summed E-state index contributed by atoms with van der Waals surface area (Å²) in [6, 6.07) is 8.41. The minimum atomic E-state index is -0.321. The molecule has 2 saturated heterocycles. The molecule has 25 heavy (non-hydrogen) atoms. The highest BCUT2D eigenvalue weighted by Gasteiger charge is 2.48. The highest BCUT2D eigenvalue weighted by atomic mass is 16.2. The van der Waals surface area contributed by atoms with E-state index in [0.717, 1.165) is 32.4 Å². The summed E-state index contributed by atoms with van der Waals surface area (Å²) < 4.78 is 0. The van der Waals surface area contributed by atoms with Gasteiger partial charge in [-0.2, -0.15) is 0 Å². The molecule has 0 saturated carbocycles. The fourth-order valence-corrected chi connectivity index (χ4v) is 4.12. The smallest absolute Gasteiger partial charge is 0.236 e. The standard InChI is InChI=1S/C20H29N3O2/c1-16-5-7-17(8-6-16)13-21(2)14-18(24)23-12-10-20(15-23)9-4-11-22(3)19(20)25/h5-8H,4,9-15H2,1-3H3. The lowest BCUT2D eigenvalue weighted by molar-refractivity contribution is -0.144. The van der Waals surface area contributed by atoms with Gasteiger partial charge in [-0.05, 0) is 38.8 Å². The van der Waals surface area contributed by atoms with Crippen LogP contribution in [0.4, 0.5) is 0 Å². The zero-order chi connectivity index (χ0) is 18.0. The van der Waals surface area contributed by atoms with E-state index in [1.165, 1.54) is 11.1 Å². The van der Waals surface area contributed by atoms with Gasteiger partial charge >= 0.3 is 0 Å². The number of nitrogens with zero attached hydrogens (tertiary/aromatic N) is 3. The third kappa shape index (κ3) is 3.87. The Hall–Kier alpha value is -1.88. The Bertz CT molecular complexity index is 643. The van der Waals surface area contributed by atoms with Crippen molar-refractivity contribution < 1.29 is 9.59 Å². The van der Waals surface area contributed by atoms with Crippen molar-refractivity contribution in [1.29, 1.82) is 0 Å². The van der Waals surface area contributed by atoms with Crippen molar-refractivity contribution in [3.63, 3.8) is 0 Å². The third-order valence-electron chi connectivity index (χ3n) is 5.63. The average Bonchev–Trinajstić information content (AvgIpc) is 3.00. The molecule has 5 nitrogen and oxygen atoms in total. The van der Waals surface area contributed by atoms with Crippen LogP contribution in [0.15, 0.2) is 24.3 Å². The van der Waals surface area contributed by atoms with Crippen LogP contribution < -0.4 is 0 Å². The van der Waals surface area contributed by atoms with Crippen molar-refractivity contribution in [3.8, 4) is 0 Å². The van der Waals surface area contributed by atoms with Crippen LogP contribution in [0.3, 0.4) is 0 Å². The number of likely N-dealkylation sites (N-methyl/N-ethyl adjacent to an activating group) is 1. The molecule has 0 N–H and O–H groups in total. The molecule has 2 heterocycles. The first-order valence-corrected chi connectivity index (χ1v) is 9.17. The van der Waals surface area contributed by atoms with Gasteiger partial charge in [-0.1, -0.05) is 29.8 Å². The Morgan fingerprint density at radius 3 is 2.64 bits per heavy atom. The minimum Gasteiger partial charge on any atom is -0.345 e. The van der Waals surface area contributed by atoms with Gasteiger partial charge in [-0.25, -0.2) is 0 Å². The fourth-order valence-electron chi connectivity index (χ4n) is 4.12. The van der Waals surface area contributed by atoms with Crippen LogP contribution in [-0.4, -0.2) is 66.8 Å². The highest BCUT2D eigenvalue weighted by Crippen LogP contribution is 2.39. The summed E-state index contributed by atoms with van der Waals surface area (Å²) in [5.74, 6) is 0.356. The van der Waals surface area contributed by atoms with Crippen LogP contribution in [0.25, 0.3) is 0 Å². The molecule has 0 aliphatic carbocycles. The molecular formula is C20H29N3O2. The van der Waals surface area contributed by atoms with E-state index in [1.54, 1.807) is 0 Å². The lowest BCUT2D eigenvalue weighted by atomic mass is 9.78. The van der Waals surface area contributed by atoms with E-state index in [2.05, 4.69) is 31.2 Å². The molecule has 2 aliphatic heterocycles. The Labute approximate surface area is 150 Å². The molecule has 2 amide bonds. The van der Waals surface area contributed by atoms with Gasteiger partial charge in [0.25, 0.3) is 0 Å². The lowest BCUT2D eigenvalue weighted by Crippen LogP contribution is -2.49. The van der Waals surface area contributed by atoms with Crippen LogP contribution >= 0.6 is 0 Å². The van der Waals surface area contributed by atoms with Crippen LogP contribution in [0.5, 0.6) is 0 Å². The van der Waals surface area contributed by atoms with Gasteiger partial charge < -0.3 is 9.80 Å². The number of piperidine rings is 1. The topological polar surface area (TPSA) is 43.9 Å². The number of hydrogen-bond acceptors (Lipinski definition) is 3. The van der Waals surface area contributed by atoms with Crippen molar-refractivity contribution in [1.82, 2.24) is 14.7 Å². The highest BCUT2D eigenvalue weighted by molar-refractivity contribution is 5.86. The quantitative estimate of drug-likeness (QED) is 0.839. The minimum absolute atomic E-state index is 0.132. The van der Waals surface area contributed by atoms with Crippen molar-refractivity contribution in [2.75, 3.05) is 40.3 Å². The van der Waals surface area contributed by atoms with Gasteiger partial charge in [0.15, 0.2) is 0 Å². The molecule has 2 fully saturated rings. The normalized spacial score (nSPS) is 23.8. The number of benzene rings is 1. The molecule has 1 spiro atoms. The summed E-state index contributed by atoms with van der Waals surface area (Å²) >= 11 is 0. The molecule has 136 valence electrons. The Kier molecular flexibility index (Phi) is 5.13. The van der Waals surface area contributed by atoms with Crippen molar-refractivity contribution in [2.45, 2.75) is 32.7 Å². The van der Waals surface area contributed by atoms with E-state index < -0.39 is 0 Å². The SMILES string of the molecule is Cc1ccc(CN(C)CC(=O)N2CCC3(CCCN(C)C3=O)C2)cc1. The summed E-state index contributed by atoms with van der Waals surface area (Å²) in [5.41, 5.74) is 2.13. The lowest BCUT2D eigenvalue weighted by Gasteiger charge is -2.37. The number of carbonyl (C=O) groups is 2. The second kappa shape index (κ2) is 7.16. The predicted octanol–water partition coefficient (Wildman–Crippen LogP) is 1.90. The first-order valence-electron chi connectivity index (χ1n) is 9.17. The molecule has 5 heteroatoms. The number of rotatable bonds is 4. The summed E-state index contributed by atoms with van der Waals surface area (Å²) in [7, 11) is 3.85. The van der Waals surface area contributed by atoms with Crippen LogP contribution in [0.2, 0.25) is 0 Å². The van der Waals surface area contributed by atoms with E-state index in [9.17, 15) is 9.59 Å². The summed E-state index contributed by atoms with van der Waals surface area (Å²) in [5, 5.41) is 0. The Morgan fingerprint density at radius 1 is 1.20 bits per heavy atom. The van der Waals surface area contributed by atoms with E-state index in [-0.39, 0.29) is 17.2 Å². The van der Waals surface area contributed by atoms with Crippen LogP contribution in [-0.2, 0) is 16.1 Å². The first kappa shape index (κ1) is 17.9. The maximum Gasteiger partial charge on any atom is 0.236 e. The van der Waals surface area contributed by atoms with Gasteiger partial charge in [0, 0.05) is 33.2 Å². The monoisotopic (exact) mass is 343 g/mol. The van der Waals surface area contributed by atoms with Gasteiger partial charge in [0.05, 0.1) is 12.0 Å². The van der Waals surface area contributed by atoms with Gasteiger partial charge in [-0.3, -0.25) is 14.5 Å². The van der Waals surface area contributed by atoms with E-state index in [0.29, 0.717) is 19.6 Å².